The Morgan fingerprint density at radius 2 is 1.97 bits per heavy atom. The molecule has 1 saturated heterocycles. The first-order valence-corrected chi connectivity index (χ1v) is 11.0. The molecule has 7 nitrogen and oxygen atoms in total. The molecule has 0 amide bonds. The Morgan fingerprint density at radius 3 is 2.67 bits per heavy atom. The Morgan fingerprint density at radius 1 is 1.17 bits per heavy atom. The van der Waals surface area contributed by atoms with Crippen LogP contribution in [0.25, 0.3) is 0 Å². The third-order valence-electron chi connectivity index (χ3n) is 5.42. The topological polar surface area (TPSA) is 66.7 Å². The molecule has 0 aliphatic carbocycles. The van der Waals surface area contributed by atoms with Crippen molar-refractivity contribution in [1.82, 2.24) is 25.3 Å². The molecule has 0 spiro atoms. The Bertz CT molecular complexity index is 768. The van der Waals surface area contributed by atoms with Crippen LogP contribution in [0.1, 0.15) is 31.9 Å². The molecule has 1 aliphatic heterocycles. The van der Waals surface area contributed by atoms with Crippen LogP contribution in [0.2, 0.25) is 0 Å². The molecule has 7 heteroatoms. The summed E-state index contributed by atoms with van der Waals surface area (Å²) in [5.74, 6) is 1.44. The van der Waals surface area contributed by atoms with Gasteiger partial charge in [0.2, 0.25) is 0 Å². The van der Waals surface area contributed by atoms with Gasteiger partial charge in [-0.1, -0.05) is 38.1 Å². The van der Waals surface area contributed by atoms with Crippen molar-refractivity contribution in [2.24, 2.45) is 10.9 Å². The Hall–Kier alpha value is -2.38. The van der Waals surface area contributed by atoms with Crippen LogP contribution in [-0.2, 0) is 17.8 Å². The van der Waals surface area contributed by atoms with Crippen LogP contribution < -0.4 is 10.6 Å². The smallest absolute Gasteiger partial charge is 0.191 e. The molecule has 3 rings (SSSR count). The Labute approximate surface area is 180 Å². The first-order valence-electron chi connectivity index (χ1n) is 11.0. The summed E-state index contributed by atoms with van der Waals surface area (Å²) in [6, 6.07) is 11.0. The number of aliphatic imine (C=N–C) groups is 1. The zero-order chi connectivity index (χ0) is 21.2. The number of morpholine rings is 1. The van der Waals surface area contributed by atoms with Gasteiger partial charge in [0.15, 0.2) is 5.96 Å². The van der Waals surface area contributed by atoms with Crippen molar-refractivity contribution in [2.45, 2.75) is 39.9 Å². The molecule has 2 heterocycles. The first kappa shape index (κ1) is 22.3. The summed E-state index contributed by atoms with van der Waals surface area (Å²) in [4.78, 5) is 7.36. The molecule has 0 saturated carbocycles. The normalized spacial score (nSPS) is 16.6. The SMILES string of the molecule is CCNC(=NCc1cccc(Cn2cccn2)c1)NCC(C(C)C)N1CCOCC1. The van der Waals surface area contributed by atoms with Crippen LogP contribution in [0.4, 0.5) is 0 Å². The maximum atomic E-state index is 5.52. The molecular formula is C23H36N6O. The Kier molecular flexibility index (Phi) is 8.71. The number of hydrogen-bond donors (Lipinski definition) is 2. The van der Waals surface area contributed by atoms with Gasteiger partial charge in [-0.2, -0.15) is 5.10 Å². The molecule has 1 atom stereocenters. The van der Waals surface area contributed by atoms with Gasteiger partial charge in [-0.15, -0.1) is 0 Å². The van der Waals surface area contributed by atoms with Gasteiger partial charge in [-0.25, -0.2) is 4.99 Å². The molecule has 2 aromatic rings. The molecule has 2 N–H and O–H groups in total. The predicted molar refractivity (Wildman–Crippen MR) is 122 cm³/mol. The number of benzene rings is 1. The fourth-order valence-corrected chi connectivity index (χ4v) is 3.82. The average molecular weight is 413 g/mol. The van der Waals surface area contributed by atoms with Crippen molar-refractivity contribution in [3.63, 3.8) is 0 Å². The van der Waals surface area contributed by atoms with Crippen LogP contribution in [0.15, 0.2) is 47.7 Å². The highest BCUT2D eigenvalue weighted by Gasteiger charge is 2.23. The van der Waals surface area contributed by atoms with Gasteiger partial charge in [0.1, 0.15) is 0 Å². The maximum Gasteiger partial charge on any atom is 0.191 e. The molecule has 1 unspecified atom stereocenters. The second kappa shape index (κ2) is 11.7. The molecule has 1 aliphatic rings. The van der Waals surface area contributed by atoms with E-state index in [4.69, 9.17) is 9.73 Å². The second-order valence-electron chi connectivity index (χ2n) is 8.06. The van der Waals surface area contributed by atoms with E-state index in [1.54, 1.807) is 0 Å². The zero-order valence-electron chi connectivity index (χ0n) is 18.6. The molecular weight excluding hydrogens is 376 g/mol. The monoisotopic (exact) mass is 412 g/mol. The number of hydrogen-bond acceptors (Lipinski definition) is 4. The quantitative estimate of drug-likeness (QED) is 0.489. The number of guanidine groups is 1. The minimum Gasteiger partial charge on any atom is -0.379 e. The van der Waals surface area contributed by atoms with Crippen molar-refractivity contribution in [2.75, 3.05) is 39.4 Å². The highest BCUT2D eigenvalue weighted by molar-refractivity contribution is 5.79. The van der Waals surface area contributed by atoms with E-state index in [2.05, 4.69) is 65.7 Å². The fourth-order valence-electron chi connectivity index (χ4n) is 3.82. The van der Waals surface area contributed by atoms with E-state index in [1.807, 2.05) is 23.1 Å². The van der Waals surface area contributed by atoms with Gasteiger partial charge in [-0.05, 0) is 30.0 Å². The average Bonchev–Trinajstić information content (AvgIpc) is 3.26. The number of rotatable bonds is 9. The van der Waals surface area contributed by atoms with Gasteiger partial charge in [0.25, 0.3) is 0 Å². The lowest BCUT2D eigenvalue weighted by Gasteiger charge is -2.37. The fraction of sp³-hybridized carbons (Fsp3) is 0.565. The van der Waals surface area contributed by atoms with Crippen molar-refractivity contribution < 1.29 is 4.74 Å². The van der Waals surface area contributed by atoms with Gasteiger partial charge < -0.3 is 15.4 Å². The molecule has 1 aromatic carbocycles. The van der Waals surface area contributed by atoms with E-state index in [1.165, 1.54) is 11.1 Å². The summed E-state index contributed by atoms with van der Waals surface area (Å²) in [6.07, 6.45) is 3.79. The molecule has 1 aromatic heterocycles. The number of nitrogens with zero attached hydrogens (tertiary/aromatic N) is 4. The summed E-state index contributed by atoms with van der Waals surface area (Å²) in [5, 5.41) is 11.2. The maximum absolute atomic E-state index is 5.52. The highest BCUT2D eigenvalue weighted by atomic mass is 16.5. The van der Waals surface area contributed by atoms with Crippen LogP contribution in [0, 0.1) is 5.92 Å². The van der Waals surface area contributed by atoms with Crippen LogP contribution >= 0.6 is 0 Å². The summed E-state index contributed by atoms with van der Waals surface area (Å²) in [6.45, 7) is 13.5. The first-order chi connectivity index (χ1) is 14.7. The summed E-state index contributed by atoms with van der Waals surface area (Å²) < 4.78 is 7.46. The van der Waals surface area contributed by atoms with E-state index >= 15 is 0 Å². The third-order valence-corrected chi connectivity index (χ3v) is 5.42. The summed E-state index contributed by atoms with van der Waals surface area (Å²) in [7, 11) is 0. The minimum absolute atomic E-state index is 0.468. The van der Waals surface area contributed by atoms with E-state index in [-0.39, 0.29) is 0 Å². The van der Waals surface area contributed by atoms with Crippen molar-refractivity contribution in [3.8, 4) is 0 Å². The van der Waals surface area contributed by atoms with E-state index in [0.29, 0.717) is 18.5 Å². The van der Waals surface area contributed by atoms with E-state index in [9.17, 15) is 0 Å². The lowest BCUT2D eigenvalue weighted by atomic mass is 10.0. The number of aromatic nitrogens is 2. The standard InChI is InChI=1S/C23H36N6O/c1-4-24-23(26-17-22(19(2)3)28-11-13-30-14-12-28)25-16-20-7-5-8-21(15-20)18-29-10-6-9-27-29/h5-10,15,19,22H,4,11-14,16-18H2,1-3H3,(H2,24,25,26). The molecule has 1 fully saturated rings. The second-order valence-corrected chi connectivity index (χ2v) is 8.06. The van der Waals surface area contributed by atoms with E-state index < -0.39 is 0 Å². The molecule has 164 valence electrons. The lowest BCUT2D eigenvalue weighted by molar-refractivity contribution is 0.00752. The van der Waals surface area contributed by atoms with Gasteiger partial charge in [-0.3, -0.25) is 9.58 Å². The summed E-state index contributed by atoms with van der Waals surface area (Å²) in [5.41, 5.74) is 2.43. The summed E-state index contributed by atoms with van der Waals surface area (Å²) >= 11 is 0. The zero-order valence-corrected chi connectivity index (χ0v) is 18.6. The van der Waals surface area contributed by atoms with Gasteiger partial charge in [0, 0.05) is 44.6 Å². The Balaban J connectivity index is 1.59. The van der Waals surface area contributed by atoms with Crippen molar-refractivity contribution in [3.05, 3.63) is 53.9 Å². The highest BCUT2D eigenvalue weighted by Crippen LogP contribution is 2.12. The third kappa shape index (κ3) is 6.85. The van der Waals surface area contributed by atoms with E-state index in [0.717, 1.165) is 51.9 Å². The molecule has 30 heavy (non-hydrogen) atoms. The largest absolute Gasteiger partial charge is 0.379 e. The van der Waals surface area contributed by atoms with Gasteiger partial charge in [0.05, 0.1) is 26.3 Å². The predicted octanol–water partition coefficient (Wildman–Crippen LogP) is 2.34. The number of ether oxygens (including phenoxy) is 1. The number of nitrogens with one attached hydrogen (secondary N) is 2. The lowest BCUT2D eigenvalue weighted by Crippen LogP contribution is -2.52. The molecule has 0 bridgehead atoms. The van der Waals surface area contributed by atoms with Crippen molar-refractivity contribution >= 4 is 5.96 Å². The van der Waals surface area contributed by atoms with Crippen LogP contribution in [-0.4, -0.2) is 66.1 Å². The van der Waals surface area contributed by atoms with Crippen LogP contribution in [0.3, 0.4) is 0 Å². The minimum atomic E-state index is 0.468. The van der Waals surface area contributed by atoms with Crippen LogP contribution in [0.5, 0.6) is 0 Å². The molecule has 0 radical (unpaired) electrons. The van der Waals surface area contributed by atoms with Crippen molar-refractivity contribution in [1.29, 1.82) is 0 Å². The van der Waals surface area contributed by atoms with Gasteiger partial charge >= 0.3 is 0 Å².